The number of ether oxygens (including phenoxy) is 3. The molecule has 1 aliphatic heterocycles. The molecule has 1 aliphatic rings. The van der Waals surface area contributed by atoms with Gasteiger partial charge in [-0.3, -0.25) is 0 Å². The topological polar surface area (TPSA) is 48.7 Å². The number of hydrogen-bond donors (Lipinski definition) is 2. The maximum atomic E-state index is 5.41. The SMILES string of the molecule is COc1cc(C[NH2+]CC[NH+](C)C)cc2c1OCO2. The zero-order chi connectivity index (χ0) is 13.0. The number of quaternary nitrogens is 2. The van der Waals surface area contributed by atoms with Gasteiger partial charge in [-0.25, -0.2) is 0 Å². The molecular weight excluding hydrogens is 232 g/mol. The number of hydrogen-bond acceptors (Lipinski definition) is 3. The Morgan fingerprint density at radius 1 is 1.33 bits per heavy atom. The van der Waals surface area contributed by atoms with Gasteiger partial charge in [-0.05, 0) is 12.1 Å². The summed E-state index contributed by atoms with van der Waals surface area (Å²) in [6.45, 7) is 3.48. The molecule has 0 fully saturated rings. The fourth-order valence-electron chi connectivity index (χ4n) is 1.96. The van der Waals surface area contributed by atoms with Gasteiger partial charge in [-0.1, -0.05) is 0 Å². The molecule has 0 amide bonds. The van der Waals surface area contributed by atoms with Crippen molar-refractivity contribution in [2.24, 2.45) is 0 Å². The molecule has 0 radical (unpaired) electrons. The van der Waals surface area contributed by atoms with Crippen molar-refractivity contribution < 1.29 is 24.4 Å². The highest BCUT2D eigenvalue weighted by Gasteiger charge is 2.20. The van der Waals surface area contributed by atoms with Gasteiger partial charge in [0.1, 0.15) is 19.6 Å². The summed E-state index contributed by atoms with van der Waals surface area (Å²) < 4.78 is 16.1. The van der Waals surface area contributed by atoms with Crippen molar-refractivity contribution in [3.63, 3.8) is 0 Å². The minimum atomic E-state index is 0.281. The molecule has 0 saturated carbocycles. The van der Waals surface area contributed by atoms with Gasteiger partial charge in [0, 0.05) is 5.56 Å². The van der Waals surface area contributed by atoms with Crippen LogP contribution in [0.4, 0.5) is 0 Å². The van der Waals surface area contributed by atoms with Crippen LogP contribution in [-0.2, 0) is 6.54 Å². The number of methoxy groups -OCH3 is 1. The first-order valence-electron chi connectivity index (χ1n) is 6.28. The second-order valence-electron chi connectivity index (χ2n) is 4.77. The smallest absolute Gasteiger partial charge is 0.231 e. The molecule has 5 nitrogen and oxygen atoms in total. The lowest BCUT2D eigenvalue weighted by atomic mass is 10.2. The lowest BCUT2D eigenvalue weighted by molar-refractivity contribution is -0.875. The van der Waals surface area contributed by atoms with Gasteiger partial charge in [0.05, 0.1) is 21.2 Å². The second kappa shape index (κ2) is 5.93. The van der Waals surface area contributed by atoms with E-state index in [9.17, 15) is 0 Å². The van der Waals surface area contributed by atoms with Crippen LogP contribution in [0.5, 0.6) is 17.2 Å². The average Bonchev–Trinajstić information content (AvgIpc) is 2.81. The first-order valence-corrected chi connectivity index (χ1v) is 6.28. The van der Waals surface area contributed by atoms with Gasteiger partial charge in [0.15, 0.2) is 11.5 Å². The van der Waals surface area contributed by atoms with E-state index in [1.54, 1.807) is 7.11 Å². The second-order valence-corrected chi connectivity index (χ2v) is 4.77. The number of nitrogens with two attached hydrogens (primary N) is 1. The minimum absolute atomic E-state index is 0.281. The average molecular weight is 254 g/mol. The Bertz CT molecular complexity index is 407. The molecular formula is C13H22N2O3+2. The Morgan fingerprint density at radius 2 is 2.17 bits per heavy atom. The van der Waals surface area contributed by atoms with Crippen LogP contribution in [0.2, 0.25) is 0 Å². The third-order valence-corrected chi connectivity index (χ3v) is 2.95. The van der Waals surface area contributed by atoms with Crippen LogP contribution in [0.3, 0.4) is 0 Å². The van der Waals surface area contributed by atoms with Crippen molar-refractivity contribution in [1.29, 1.82) is 0 Å². The molecule has 0 unspecified atom stereocenters. The molecule has 0 atom stereocenters. The van der Waals surface area contributed by atoms with Crippen molar-refractivity contribution in [3.8, 4) is 17.2 Å². The van der Waals surface area contributed by atoms with E-state index in [2.05, 4.69) is 19.4 Å². The summed E-state index contributed by atoms with van der Waals surface area (Å²) in [4.78, 5) is 1.47. The molecule has 1 aromatic carbocycles. The molecule has 2 rings (SSSR count). The number of fused-ring (bicyclic) bond motifs is 1. The standard InChI is InChI=1S/C13H20N2O3/c1-15(2)5-4-14-8-10-6-11(16-3)13-12(7-10)17-9-18-13/h6-7,14H,4-5,8-9H2,1-3H3/p+2. The van der Waals surface area contributed by atoms with Crippen LogP contribution < -0.4 is 24.4 Å². The Morgan fingerprint density at radius 3 is 2.89 bits per heavy atom. The summed E-state index contributed by atoms with van der Waals surface area (Å²) in [7, 11) is 5.98. The molecule has 3 N–H and O–H groups in total. The quantitative estimate of drug-likeness (QED) is 0.616. The van der Waals surface area contributed by atoms with Crippen LogP contribution in [0.25, 0.3) is 0 Å². The fraction of sp³-hybridized carbons (Fsp3) is 0.538. The highest BCUT2D eigenvalue weighted by molar-refractivity contribution is 5.54. The van der Waals surface area contributed by atoms with E-state index in [-0.39, 0.29) is 6.79 Å². The van der Waals surface area contributed by atoms with Crippen molar-refractivity contribution in [2.75, 3.05) is 41.1 Å². The van der Waals surface area contributed by atoms with Crippen LogP contribution >= 0.6 is 0 Å². The van der Waals surface area contributed by atoms with Crippen LogP contribution in [0.1, 0.15) is 5.56 Å². The lowest BCUT2D eigenvalue weighted by Gasteiger charge is -2.08. The number of nitrogens with one attached hydrogen (secondary N) is 1. The summed E-state index contributed by atoms with van der Waals surface area (Å²) in [6.07, 6.45) is 0. The van der Waals surface area contributed by atoms with Crippen molar-refractivity contribution in [3.05, 3.63) is 17.7 Å². The fourth-order valence-corrected chi connectivity index (χ4v) is 1.96. The van der Waals surface area contributed by atoms with E-state index < -0.39 is 0 Å². The van der Waals surface area contributed by atoms with Crippen LogP contribution in [0.15, 0.2) is 12.1 Å². The maximum Gasteiger partial charge on any atom is 0.231 e. The number of benzene rings is 1. The van der Waals surface area contributed by atoms with Crippen LogP contribution in [-0.4, -0.2) is 41.1 Å². The van der Waals surface area contributed by atoms with E-state index in [0.29, 0.717) is 0 Å². The predicted octanol–water partition coefficient (Wildman–Crippen LogP) is -1.37. The Kier molecular flexibility index (Phi) is 4.28. The molecule has 100 valence electrons. The zero-order valence-electron chi connectivity index (χ0n) is 11.3. The maximum absolute atomic E-state index is 5.41. The Hall–Kier alpha value is -1.46. The number of likely N-dealkylation sites (N-methyl/N-ethyl adjacent to an activating group) is 1. The molecule has 0 spiro atoms. The van der Waals surface area contributed by atoms with E-state index in [0.717, 1.165) is 36.9 Å². The first kappa shape index (κ1) is 13.0. The lowest BCUT2D eigenvalue weighted by Crippen LogP contribution is -3.09. The Labute approximate surface area is 108 Å². The first-order chi connectivity index (χ1) is 8.70. The number of rotatable bonds is 6. The monoisotopic (exact) mass is 254 g/mol. The van der Waals surface area contributed by atoms with Gasteiger partial charge in [-0.2, -0.15) is 0 Å². The van der Waals surface area contributed by atoms with Gasteiger partial charge >= 0.3 is 0 Å². The summed E-state index contributed by atoms with van der Waals surface area (Å²) in [5.41, 5.74) is 1.20. The third kappa shape index (κ3) is 3.05. The van der Waals surface area contributed by atoms with E-state index in [1.165, 1.54) is 10.5 Å². The molecule has 0 aromatic heterocycles. The molecule has 0 aliphatic carbocycles. The van der Waals surface area contributed by atoms with Gasteiger partial charge in [0.25, 0.3) is 0 Å². The normalized spacial score (nSPS) is 13.1. The zero-order valence-corrected chi connectivity index (χ0v) is 11.3. The van der Waals surface area contributed by atoms with Gasteiger partial charge < -0.3 is 24.4 Å². The molecule has 18 heavy (non-hydrogen) atoms. The van der Waals surface area contributed by atoms with E-state index in [4.69, 9.17) is 14.2 Å². The Balaban J connectivity index is 1.97. The molecule has 1 aromatic rings. The summed E-state index contributed by atoms with van der Waals surface area (Å²) in [5, 5.41) is 2.30. The van der Waals surface area contributed by atoms with Crippen molar-refractivity contribution in [1.82, 2.24) is 0 Å². The highest BCUT2D eigenvalue weighted by atomic mass is 16.7. The molecule has 5 heteroatoms. The third-order valence-electron chi connectivity index (χ3n) is 2.95. The van der Waals surface area contributed by atoms with Crippen molar-refractivity contribution in [2.45, 2.75) is 6.54 Å². The predicted molar refractivity (Wildman–Crippen MR) is 67.3 cm³/mol. The van der Waals surface area contributed by atoms with Crippen LogP contribution in [0, 0.1) is 0 Å². The highest BCUT2D eigenvalue weighted by Crippen LogP contribution is 2.41. The van der Waals surface area contributed by atoms with Gasteiger partial charge in [0.2, 0.25) is 12.5 Å². The largest absolute Gasteiger partial charge is 0.493 e. The molecule has 0 saturated heterocycles. The van der Waals surface area contributed by atoms with Gasteiger partial charge in [-0.15, -0.1) is 0 Å². The summed E-state index contributed by atoms with van der Waals surface area (Å²) >= 11 is 0. The molecule has 0 bridgehead atoms. The van der Waals surface area contributed by atoms with E-state index in [1.807, 2.05) is 12.1 Å². The summed E-state index contributed by atoms with van der Waals surface area (Å²) in [5.74, 6) is 2.27. The minimum Gasteiger partial charge on any atom is -0.493 e. The van der Waals surface area contributed by atoms with E-state index >= 15 is 0 Å². The van der Waals surface area contributed by atoms with Crippen molar-refractivity contribution >= 4 is 0 Å². The molecule has 1 heterocycles. The summed E-state index contributed by atoms with van der Waals surface area (Å²) in [6, 6.07) is 4.05.